The van der Waals surface area contributed by atoms with E-state index in [2.05, 4.69) is 11.0 Å². The molecule has 1 saturated heterocycles. The molecule has 2 heterocycles. The first-order chi connectivity index (χ1) is 16.7. The second kappa shape index (κ2) is 10.4. The van der Waals surface area contributed by atoms with E-state index in [1.54, 1.807) is 12.0 Å². The van der Waals surface area contributed by atoms with E-state index in [4.69, 9.17) is 19.2 Å². The van der Waals surface area contributed by atoms with Crippen LogP contribution in [0.15, 0.2) is 60.7 Å². The third kappa shape index (κ3) is 5.14. The molecular formula is C26H27N3O4S. The summed E-state index contributed by atoms with van der Waals surface area (Å²) in [6.07, 6.45) is 0. The number of hydrogen-bond donors (Lipinski definition) is 0. The molecule has 0 N–H and O–H groups in total. The second-order valence-electron chi connectivity index (χ2n) is 8.13. The van der Waals surface area contributed by atoms with Gasteiger partial charge in [0.1, 0.15) is 11.5 Å². The minimum absolute atomic E-state index is 0.0549. The van der Waals surface area contributed by atoms with E-state index in [-0.39, 0.29) is 12.5 Å². The summed E-state index contributed by atoms with van der Waals surface area (Å²) in [5, 5.41) is 2.89. The molecule has 1 aliphatic rings. The molecule has 0 spiro atoms. The molecule has 0 saturated carbocycles. The molecule has 0 radical (unpaired) electrons. The van der Waals surface area contributed by atoms with Crippen molar-refractivity contribution in [2.75, 3.05) is 58.0 Å². The zero-order valence-corrected chi connectivity index (χ0v) is 19.9. The monoisotopic (exact) mass is 477 g/mol. The Labute approximate surface area is 202 Å². The maximum absolute atomic E-state index is 13.4. The fourth-order valence-corrected chi connectivity index (χ4v) is 5.05. The standard InChI is InChI=1S/C26H27N3O4S/c1-31-21-8-9-23-24(17-21)34-26(27-23)29(11-10-28-12-14-32-15-13-28)25(30)18-33-22-7-6-19-4-2-3-5-20(19)16-22/h2-9,16-17H,10-15,18H2,1H3. The number of carbonyl (C=O) groups is 1. The van der Waals surface area contributed by atoms with Gasteiger partial charge in [-0.3, -0.25) is 14.6 Å². The highest BCUT2D eigenvalue weighted by Crippen LogP contribution is 2.31. The van der Waals surface area contributed by atoms with Crippen LogP contribution in [0, 0.1) is 0 Å². The number of ether oxygens (including phenoxy) is 3. The lowest BCUT2D eigenvalue weighted by Crippen LogP contribution is -2.44. The van der Waals surface area contributed by atoms with Crippen LogP contribution in [0.4, 0.5) is 5.13 Å². The number of rotatable bonds is 8. The number of anilines is 1. The normalized spacial score (nSPS) is 14.4. The molecular weight excluding hydrogens is 450 g/mol. The molecule has 1 aromatic heterocycles. The van der Waals surface area contributed by atoms with Crippen molar-refractivity contribution >= 4 is 43.4 Å². The van der Waals surface area contributed by atoms with Crippen molar-refractivity contribution in [1.29, 1.82) is 0 Å². The average Bonchev–Trinajstić information content (AvgIpc) is 3.31. The predicted octanol–water partition coefficient (Wildman–Crippen LogP) is 4.20. The van der Waals surface area contributed by atoms with Gasteiger partial charge in [-0.2, -0.15) is 0 Å². The highest BCUT2D eigenvalue weighted by Gasteiger charge is 2.22. The highest BCUT2D eigenvalue weighted by molar-refractivity contribution is 7.22. The Morgan fingerprint density at radius 3 is 2.68 bits per heavy atom. The fourth-order valence-electron chi connectivity index (χ4n) is 4.01. The van der Waals surface area contributed by atoms with Crippen molar-refractivity contribution in [3.8, 4) is 11.5 Å². The number of morpholine rings is 1. The summed E-state index contributed by atoms with van der Waals surface area (Å²) in [7, 11) is 1.64. The van der Waals surface area contributed by atoms with Gasteiger partial charge in [0.05, 0.1) is 30.5 Å². The quantitative estimate of drug-likeness (QED) is 0.379. The summed E-state index contributed by atoms with van der Waals surface area (Å²) < 4.78 is 17.7. The van der Waals surface area contributed by atoms with Crippen LogP contribution < -0.4 is 14.4 Å². The number of methoxy groups -OCH3 is 1. The van der Waals surface area contributed by atoms with Crippen LogP contribution in [0.5, 0.6) is 11.5 Å². The topological polar surface area (TPSA) is 64.1 Å². The Hall–Kier alpha value is -3.20. The summed E-state index contributed by atoms with van der Waals surface area (Å²) in [5.41, 5.74) is 0.848. The van der Waals surface area contributed by atoms with Crippen molar-refractivity contribution < 1.29 is 19.0 Å². The number of nitrogens with zero attached hydrogens (tertiary/aromatic N) is 3. The van der Waals surface area contributed by atoms with Crippen molar-refractivity contribution in [3.05, 3.63) is 60.7 Å². The summed E-state index contributed by atoms with van der Waals surface area (Å²) in [5.74, 6) is 1.33. The summed E-state index contributed by atoms with van der Waals surface area (Å²) in [6.45, 7) is 4.42. The number of carbonyl (C=O) groups excluding carboxylic acids is 1. The minimum Gasteiger partial charge on any atom is -0.497 e. The van der Waals surface area contributed by atoms with Crippen LogP contribution in [-0.2, 0) is 9.53 Å². The average molecular weight is 478 g/mol. The van der Waals surface area contributed by atoms with Crippen molar-refractivity contribution in [1.82, 2.24) is 9.88 Å². The molecule has 8 heteroatoms. The third-order valence-corrected chi connectivity index (χ3v) is 6.98. The number of benzene rings is 3. The molecule has 1 amide bonds. The first-order valence-electron chi connectivity index (χ1n) is 11.4. The van der Waals surface area contributed by atoms with Crippen LogP contribution in [-0.4, -0.2) is 68.9 Å². The largest absolute Gasteiger partial charge is 0.497 e. The maximum atomic E-state index is 13.4. The zero-order valence-electron chi connectivity index (χ0n) is 19.1. The summed E-state index contributed by atoms with van der Waals surface area (Å²) in [6, 6.07) is 19.7. The van der Waals surface area contributed by atoms with Gasteiger partial charge in [-0.25, -0.2) is 4.98 Å². The number of thiazole rings is 1. The van der Waals surface area contributed by atoms with Crippen molar-refractivity contribution in [3.63, 3.8) is 0 Å². The van der Waals surface area contributed by atoms with E-state index in [1.807, 2.05) is 54.6 Å². The minimum atomic E-state index is -0.118. The highest BCUT2D eigenvalue weighted by atomic mass is 32.1. The lowest BCUT2D eigenvalue weighted by molar-refractivity contribution is -0.120. The lowest BCUT2D eigenvalue weighted by Gasteiger charge is -2.29. The first-order valence-corrected chi connectivity index (χ1v) is 12.2. The molecule has 3 aromatic carbocycles. The predicted molar refractivity (Wildman–Crippen MR) is 135 cm³/mol. The molecule has 176 valence electrons. The fraction of sp³-hybridized carbons (Fsp3) is 0.308. The summed E-state index contributed by atoms with van der Waals surface area (Å²) >= 11 is 1.49. The second-order valence-corrected chi connectivity index (χ2v) is 9.14. The Morgan fingerprint density at radius 2 is 1.85 bits per heavy atom. The van der Waals surface area contributed by atoms with Gasteiger partial charge in [-0.15, -0.1) is 0 Å². The smallest absolute Gasteiger partial charge is 0.266 e. The number of hydrogen-bond acceptors (Lipinski definition) is 7. The molecule has 0 aliphatic carbocycles. The van der Waals surface area contributed by atoms with E-state index >= 15 is 0 Å². The van der Waals surface area contributed by atoms with Crippen LogP contribution in [0.25, 0.3) is 21.0 Å². The van der Waals surface area contributed by atoms with E-state index < -0.39 is 0 Å². The Kier molecular flexibility index (Phi) is 6.89. The van der Waals surface area contributed by atoms with Gasteiger partial charge in [0.25, 0.3) is 5.91 Å². The number of aromatic nitrogens is 1. The first kappa shape index (κ1) is 22.6. The SMILES string of the molecule is COc1ccc2nc(N(CCN3CCOCC3)C(=O)COc3ccc4ccccc4c3)sc2c1. The van der Waals surface area contributed by atoms with E-state index in [0.717, 1.165) is 59.6 Å². The van der Waals surface area contributed by atoms with Gasteiger partial charge in [-0.05, 0) is 41.1 Å². The van der Waals surface area contributed by atoms with Crippen LogP contribution in [0.3, 0.4) is 0 Å². The molecule has 34 heavy (non-hydrogen) atoms. The van der Waals surface area contributed by atoms with E-state index in [9.17, 15) is 4.79 Å². The van der Waals surface area contributed by atoms with Crippen LogP contribution in [0.2, 0.25) is 0 Å². The third-order valence-electron chi connectivity index (χ3n) is 5.94. The van der Waals surface area contributed by atoms with Gasteiger partial charge in [0, 0.05) is 26.2 Å². The Bertz CT molecular complexity index is 1290. The van der Waals surface area contributed by atoms with Gasteiger partial charge >= 0.3 is 0 Å². The Morgan fingerprint density at radius 1 is 1.06 bits per heavy atom. The van der Waals surface area contributed by atoms with Crippen molar-refractivity contribution in [2.45, 2.75) is 0 Å². The molecule has 0 atom stereocenters. The van der Waals surface area contributed by atoms with E-state index in [1.165, 1.54) is 11.3 Å². The van der Waals surface area contributed by atoms with Gasteiger partial charge in [-0.1, -0.05) is 41.7 Å². The van der Waals surface area contributed by atoms with Gasteiger partial charge in [0.2, 0.25) is 0 Å². The molecule has 7 nitrogen and oxygen atoms in total. The molecule has 0 bridgehead atoms. The summed E-state index contributed by atoms with van der Waals surface area (Å²) in [4.78, 5) is 22.1. The molecule has 1 aliphatic heterocycles. The molecule has 0 unspecified atom stereocenters. The molecule has 1 fully saturated rings. The number of amides is 1. The van der Waals surface area contributed by atoms with Crippen molar-refractivity contribution in [2.24, 2.45) is 0 Å². The molecule has 4 aromatic rings. The van der Waals surface area contributed by atoms with Gasteiger partial charge in [0.15, 0.2) is 11.7 Å². The molecule has 5 rings (SSSR count). The van der Waals surface area contributed by atoms with Crippen LogP contribution >= 0.6 is 11.3 Å². The zero-order chi connectivity index (χ0) is 23.3. The lowest BCUT2D eigenvalue weighted by atomic mass is 10.1. The maximum Gasteiger partial charge on any atom is 0.266 e. The Balaban J connectivity index is 1.34. The van der Waals surface area contributed by atoms with Crippen LogP contribution in [0.1, 0.15) is 0 Å². The number of fused-ring (bicyclic) bond motifs is 2. The van der Waals surface area contributed by atoms with E-state index in [0.29, 0.717) is 17.4 Å². The van der Waals surface area contributed by atoms with Gasteiger partial charge < -0.3 is 14.2 Å².